The number of hydrogen-bond acceptors (Lipinski definition) is 0. The van der Waals surface area contributed by atoms with Crippen LogP contribution in [0.3, 0.4) is 0 Å². The molecule has 0 saturated heterocycles. The van der Waals surface area contributed by atoms with E-state index in [1.54, 1.807) is 0 Å². The molecule has 0 aliphatic carbocycles. The van der Waals surface area contributed by atoms with Crippen LogP contribution in [0.1, 0.15) is 0 Å². The van der Waals surface area contributed by atoms with Gasteiger partial charge in [-0.25, -0.2) is 0 Å². The Balaban J connectivity index is -0.0000000200. The van der Waals surface area contributed by atoms with Crippen molar-refractivity contribution in [3.05, 3.63) is 0 Å². The molecule has 31 valence electrons. The molecule has 0 amide bonds. The summed E-state index contributed by atoms with van der Waals surface area (Å²) in [6.45, 7) is 0. The second kappa shape index (κ2) is 19.6. The van der Waals surface area contributed by atoms with E-state index >= 15 is 0 Å². The fraction of sp³-hybridized carbons (Fsp3) is 1.00. The van der Waals surface area contributed by atoms with E-state index in [0.29, 0.717) is 0 Å². The first-order valence-electron chi connectivity index (χ1n) is 0.535. The second-order valence-electron chi connectivity index (χ2n) is 0.101. The molecule has 0 aliphatic heterocycles. The molecule has 0 aromatic rings. The van der Waals surface area contributed by atoms with E-state index < -0.39 is 0 Å². The monoisotopic (exact) mass is 129 g/mol. The molecule has 5 heavy (non-hydrogen) atoms. The Hall–Kier alpha value is 1.07. The molecule has 0 N–H and O–H groups in total. The van der Waals surface area contributed by atoms with E-state index in [9.17, 15) is 0 Å². The molecule has 0 aliphatic rings. The first-order chi connectivity index (χ1) is 1.41. The third-order valence-corrected chi connectivity index (χ3v) is 0. The van der Waals surface area contributed by atoms with Gasteiger partial charge in [-0.05, 0) is 0 Å². The van der Waals surface area contributed by atoms with Crippen molar-refractivity contribution in [1.82, 2.24) is 0 Å². The maximum absolute atomic E-state index is 4.76. The van der Waals surface area contributed by atoms with Crippen molar-refractivity contribution in [3.63, 3.8) is 0 Å². The number of hydrogen-bond donors (Lipinski definition) is 0. The molecule has 0 aromatic carbocycles. The fourth-order valence-electron chi connectivity index (χ4n) is 0. The van der Waals surface area contributed by atoms with Crippen molar-refractivity contribution in [2.75, 3.05) is 5.34 Å². The van der Waals surface area contributed by atoms with E-state index in [1.807, 2.05) is 0 Å². The molecule has 1 atom stereocenters. The highest BCUT2D eigenvalue weighted by Crippen LogP contribution is 1.73. The normalized spacial score (nSPS) is 3.60. The molecule has 3 radical (unpaired) electrons. The zero-order chi connectivity index (χ0) is 2.71. The van der Waals surface area contributed by atoms with Crippen LogP contribution in [0.15, 0.2) is 0 Å². The van der Waals surface area contributed by atoms with Gasteiger partial charge in [-0.1, -0.05) is 0 Å². The lowest BCUT2D eigenvalue weighted by atomic mass is 10.8. The Morgan fingerprint density at radius 1 is 1.20 bits per heavy atom. The van der Waals surface area contributed by atoms with E-state index in [1.165, 1.54) is 0 Å². The largest absolute Gasteiger partial charge is 0.153 e. The average molecular weight is 130 g/mol. The van der Waals surface area contributed by atoms with Crippen molar-refractivity contribution >= 4 is 41.5 Å². The standard InChI is InChI=1S/CH2Cl2.B.H3P/c2-1-3;;/h1H2;;1H3. The van der Waals surface area contributed by atoms with E-state index in [0.717, 1.165) is 0 Å². The summed E-state index contributed by atoms with van der Waals surface area (Å²) < 4.78 is 0. The zero-order valence-corrected chi connectivity index (χ0v) is 5.67. The summed E-state index contributed by atoms with van der Waals surface area (Å²) in [5.74, 6) is 0. The predicted molar refractivity (Wildman–Crippen MR) is 33.4 cm³/mol. The number of rotatable bonds is 0. The van der Waals surface area contributed by atoms with Gasteiger partial charge in [0.05, 0.1) is 5.34 Å². The van der Waals surface area contributed by atoms with Crippen molar-refractivity contribution in [1.29, 1.82) is 0 Å². The molecular formula is CH5BCl2P. The lowest BCUT2D eigenvalue weighted by Gasteiger charge is -1.42. The molecule has 0 rings (SSSR count). The van der Waals surface area contributed by atoms with Crippen LogP contribution in [0.5, 0.6) is 0 Å². The smallest absolute Gasteiger partial charge is 0.0967 e. The second-order valence-corrected chi connectivity index (χ2v) is 0.909. The van der Waals surface area contributed by atoms with Crippen LogP contribution in [0.2, 0.25) is 0 Å². The summed E-state index contributed by atoms with van der Waals surface area (Å²) >= 11 is 9.53. The highest BCUT2D eigenvalue weighted by atomic mass is 35.5. The van der Waals surface area contributed by atoms with Gasteiger partial charge in [0.25, 0.3) is 0 Å². The molecule has 0 nitrogen and oxygen atoms in total. The molecule has 0 aromatic heterocycles. The highest BCUT2D eigenvalue weighted by Gasteiger charge is 1.41. The molecule has 4 heteroatoms. The number of alkyl halides is 2. The van der Waals surface area contributed by atoms with Crippen molar-refractivity contribution in [2.45, 2.75) is 0 Å². The van der Waals surface area contributed by atoms with Gasteiger partial charge in [-0.15, -0.1) is 23.2 Å². The quantitative estimate of drug-likeness (QED) is 0.261. The molecule has 0 fully saturated rings. The Bertz CT molecular complexity index is 9.61. The molecule has 0 heterocycles. The maximum atomic E-state index is 4.76. The average Bonchev–Trinajstić information content (AvgIpc) is 0.918. The zero-order valence-electron chi connectivity index (χ0n) is 2.75. The predicted octanol–water partition coefficient (Wildman–Crippen LogP) is 1.10. The summed E-state index contributed by atoms with van der Waals surface area (Å²) in [4.78, 5) is 0. The van der Waals surface area contributed by atoms with Crippen LogP contribution in [-0.2, 0) is 0 Å². The van der Waals surface area contributed by atoms with Gasteiger partial charge in [-0.2, -0.15) is 9.90 Å². The first kappa shape index (κ1) is 16.5. The third kappa shape index (κ3) is 41.5. The Labute approximate surface area is 47.4 Å². The van der Waals surface area contributed by atoms with E-state index in [-0.39, 0.29) is 23.7 Å². The summed E-state index contributed by atoms with van der Waals surface area (Å²) in [6.07, 6.45) is 0. The van der Waals surface area contributed by atoms with Gasteiger partial charge in [0, 0.05) is 8.41 Å². The van der Waals surface area contributed by atoms with Crippen molar-refractivity contribution in [2.24, 2.45) is 0 Å². The van der Waals surface area contributed by atoms with Crippen LogP contribution in [0, 0.1) is 0 Å². The summed E-state index contributed by atoms with van der Waals surface area (Å²) in [6, 6.07) is 0. The molecular weight excluding hydrogens is 125 g/mol. The minimum Gasteiger partial charge on any atom is -0.153 e. The SMILES string of the molecule is ClCCl.P.[B]. The number of halogens is 2. The highest BCUT2D eigenvalue weighted by molar-refractivity contribution is 6.92. The maximum Gasteiger partial charge on any atom is 0.0967 e. The van der Waals surface area contributed by atoms with Crippen LogP contribution < -0.4 is 0 Å². The first-order valence-corrected chi connectivity index (χ1v) is 1.60. The van der Waals surface area contributed by atoms with Crippen molar-refractivity contribution in [3.8, 4) is 0 Å². The Morgan fingerprint density at radius 3 is 1.20 bits per heavy atom. The van der Waals surface area contributed by atoms with Crippen LogP contribution in [0.4, 0.5) is 0 Å². The van der Waals surface area contributed by atoms with Crippen LogP contribution >= 0.6 is 33.1 Å². The minimum atomic E-state index is 0. The van der Waals surface area contributed by atoms with Crippen LogP contribution in [0.25, 0.3) is 0 Å². The van der Waals surface area contributed by atoms with Gasteiger partial charge in [0.15, 0.2) is 0 Å². The van der Waals surface area contributed by atoms with E-state index in [2.05, 4.69) is 0 Å². The van der Waals surface area contributed by atoms with Crippen LogP contribution in [-0.4, -0.2) is 13.8 Å². The van der Waals surface area contributed by atoms with Gasteiger partial charge in [-0.3, -0.25) is 0 Å². The topological polar surface area (TPSA) is 0 Å². The van der Waals surface area contributed by atoms with E-state index in [4.69, 9.17) is 23.2 Å². The molecule has 0 saturated carbocycles. The molecule has 0 bridgehead atoms. The Kier molecular flexibility index (Phi) is 64.8. The lowest BCUT2D eigenvalue weighted by Crippen LogP contribution is -1.24. The summed E-state index contributed by atoms with van der Waals surface area (Å²) in [5, 5.41) is 0.194. The summed E-state index contributed by atoms with van der Waals surface area (Å²) in [5.41, 5.74) is 0. The fourth-order valence-corrected chi connectivity index (χ4v) is 0. The Morgan fingerprint density at radius 2 is 1.20 bits per heavy atom. The minimum absolute atomic E-state index is 0. The molecule has 0 spiro atoms. The third-order valence-electron chi connectivity index (χ3n) is 0. The lowest BCUT2D eigenvalue weighted by molar-refractivity contribution is 2.20. The van der Waals surface area contributed by atoms with Crippen molar-refractivity contribution < 1.29 is 0 Å². The van der Waals surface area contributed by atoms with Gasteiger partial charge in [0.2, 0.25) is 0 Å². The van der Waals surface area contributed by atoms with Gasteiger partial charge >= 0.3 is 0 Å². The molecule has 1 unspecified atom stereocenters. The van der Waals surface area contributed by atoms with Gasteiger partial charge < -0.3 is 0 Å². The van der Waals surface area contributed by atoms with Gasteiger partial charge in [0.1, 0.15) is 0 Å². The summed E-state index contributed by atoms with van der Waals surface area (Å²) in [7, 11) is 0.